The van der Waals surface area contributed by atoms with Gasteiger partial charge >= 0.3 is 0 Å². The first-order chi connectivity index (χ1) is 9.74. The fourth-order valence-corrected chi connectivity index (χ4v) is 2.89. The van der Waals surface area contributed by atoms with Crippen molar-refractivity contribution in [3.63, 3.8) is 0 Å². The van der Waals surface area contributed by atoms with E-state index in [0.29, 0.717) is 0 Å². The van der Waals surface area contributed by atoms with Crippen LogP contribution in [0.2, 0.25) is 0 Å². The van der Waals surface area contributed by atoms with Crippen molar-refractivity contribution >= 4 is 17.0 Å². The topological polar surface area (TPSA) is 17.3 Å². The Balaban J connectivity index is 2.04. The van der Waals surface area contributed by atoms with Crippen molar-refractivity contribution in [3.8, 4) is 11.3 Å². The first kappa shape index (κ1) is 12.8. The lowest BCUT2D eigenvalue weighted by molar-refractivity contribution is 0.628. The standard InChI is InChI=1S/C16H13FN2S/c1-19-15(12-5-3-2-4-6-12)11-20-16(19)18-14-9-7-13(17)8-10-14/h2-11H,1H3. The summed E-state index contributed by atoms with van der Waals surface area (Å²) in [5.41, 5.74) is 3.03. The minimum Gasteiger partial charge on any atom is -0.320 e. The predicted molar refractivity (Wildman–Crippen MR) is 80.3 cm³/mol. The van der Waals surface area contributed by atoms with Gasteiger partial charge in [0, 0.05) is 12.4 Å². The van der Waals surface area contributed by atoms with Crippen LogP contribution in [0, 0.1) is 5.82 Å². The molecule has 2 aromatic carbocycles. The van der Waals surface area contributed by atoms with Gasteiger partial charge in [-0.05, 0) is 29.8 Å². The van der Waals surface area contributed by atoms with E-state index in [9.17, 15) is 4.39 Å². The SMILES string of the molecule is Cn1c(-c2ccccc2)csc1=Nc1ccc(F)cc1. The normalized spacial score (nSPS) is 11.8. The Kier molecular flexibility index (Phi) is 3.48. The highest BCUT2D eigenvalue weighted by molar-refractivity contribution is 7.07. The zero-order valence-electron chi connectivity index (χ0n) is 11.0. The van der Waals surface area contributed by atoms with Crippen LogP contribution in [0.4, 0.5) is 10.1 Å². The summed E-state index contributed by atoms with van der Waals surface area (Å²) < 4.78 is 14.9. The number of benzene rings is 2. The molecule has 0 aliphatic carbocycles. The van der Waals surface area contributed by atoms with Crippen molar-refractivity contribution in [2.45, 2.75) is 0 Å². The molecule has 0 amide bonds. The second-order valence-corrected chi connectivity index (χ2v) is 5.25. The molecule has 2 nitrogen and oxygen atoms in total. The van der Waals surface area contributed by atoms with Crippen LogP contribution in [0.25, 0.3) is 11.3 Å². The van der Waals surface area contributed by atoms with Crippen molar-refractivity contribution in [1.82, 2.24) is 4.57 Å². The zero-order chi connectivity index (χ0) is 13.9. The van der Waals surface area contributed by atoms with Crippen LogP contribution < -0.4 is 4.80 Å². The number of halogens is 1. The summed E-state index contributed by atoms with van der Waals surface area (Å²) in [7, 11) is 1.99. The summed E-state index contributed by atoms with van der Waals surface area (Å²) in [4.78, 5) is 5.43. The van der Waals surface area contributed by atoms with Crippen molar-refractivity contribution in [2.75, 3.05) is 0 Å². The zero-order valence-corrected chi connectivity index (χ0v) is 11.8. The van der Waals surface area contributed by atoms with Crippen LogP contribution in [-0.2, 0) is 7.05 Å². The largest absolute Gasteiger partial charge is 0.320 e. The third-order valence-corrected chi connectivity index (χ3v) is 3.96. The van der Waals surface area contributed by atoms with E-state index in [1.807, 2.05) is 29.8 Å². The molecule has 0 aliphatic rings. The monoisotopic (exact) mass is 284 g/mol. The molecule has 0 fully saturated rings. The van der Waals surface area contributed by atoms with Crippen molar-refractivity contribution in [1.29, 1.82) is 0 Å². The summed E-state index contributed by atoms with van der Waals surface area (Å²) in [5.74, 6) is -0.246. The minimum absolute atomic E-state index is 0.246. The molecule has 100 valence electrons. The maximum absolute atomic E-state index is 12.9. The van der Waals surface area contributed by atoms with Crippen molar-refractivity contribution < 1.29 is 4.39 Å². The summed E-state index contributed by atoms with van der Waals surface area (Å²) in [6.45, 7) is 0. The van der Waals surface area contributed by atoms with Gasteiger partial charge in [-0.25, -0.2) is 9.38 Å². The molecule has 20 heavy (non-hydrogen) atoms. The molecule has 0 unspecified atom stereocenters. The second-order valence-electron chi connectivity index (χ2n) is 4.42. The Morgan fingerprint density at radius 3 is 2.40 bits per heavy atom. The van der Waals surface area contributed by atoms with Gasteiger partial charge in [-0.1, -0.05) is 30.3 Å². The van der Waals surface area contributed by atoms with Gasteiger partial charge in [-0.15, -0.1) is 11.3 Å². The second kappa shape index (κ2) is 5.43. The van der Waals surface area contributed by atoms with Crippen LogP contribution >= 0.6 is 11.3 Å². The lowest BCUT2D eigenvalue weighted by Crippen LogP contribution is -2.10. The first-order valence-corrected chi connectivity index (χ1v) is 7.12. The van der Waals surface area contributed by atoms with Crippen LogP contribution in [-0.4, -0.2) is 4.57 Å². The van der Waals surface area contributed by atoms with E-state index in [1.54, 1.807) is 23.5 Å². The molecule has 0 spiro atoms. The highest BCUT2D eigenvalue weighted by Gasteiger charge is 2.03. The van der Waals surface area contributed by atoms with Crippen LogP contribution in [0.5, 0.6) is 0 Å². The average molecular weight is 284 g/mol. The molecule has 1 aromatic heterocycles. The molecule has 0 radical (unpaired) electrons. The molecule has 4 heteroatoms. The third kappa shape index (κ3) is 2.56. The summed E-state index contributed by atoms with van der Waals surface area (Å²) in [6, 6.07) is 16.4. The van der Waals surface area contributed by atoms with Gasteiger partial charge in [0.15, 0.2) is 4.80 Å². The molecule has 0 saturated carbocycles. The molecular formula is C16H13FN2S. The number of nitrogens with zero attached hydrogens (tertiary/aromatic N) is 2. The Morgan fingerprint density at radius 1 is 1.00 bits per heavy atom. The molecule has 0 bridgehead atoms. The summed E-state index contributed by atoms with van der Waals surface area (Å²) in [6.07, 6.45) is 0. The molecule has 0 saturated heterocycles. The lowest BCUT2D eigenvalue weighted by atomic mass is 10.2. The quantitative estimate of drug-likeness (QED) is 0.673. The third-order valence-electron chi connectivity index (χ3n) is 3.05. The number of thiazole rings is 1. The van der Waals surface area contributed by atoms with Gasteiger partial charge in [0.1, 0.15) is 5.82 Å². The van der Waals surface area contributed by atoms with E-state index < -0.39 is 0 Å². The summed E-state index contributed by atoms with van der Waals surface area (Å²) in [5, 5.41) is 2.08. The summed E-state index contributed by atoms with van der Waals surface area (Å²) >= 11 is 1.57. The smallest absolute Gasteiger partial charge is 0.190 e. The molecule has 0 aliphatic heterocycles. The van der Waals surface area contributed by atoms with Gasteiger partial charge in [-0.3, -0.25) is 0 Å². The van der Waals surface area contributed by atoms with Gasteiger partial charge < -0.3 is 4.57 Å². The maximum Gasteiger partial charge on any atom is 0.190 e. The van der Waals surface area contributed by atoms with Crippen LogP contribution in [0.3, 0.4) is 0 Å². The highest BCUT2D eigenvalue weighted by Crippen LogP contribution is 2.19. The number of hydrogen-bond donors (Lipinski definition) is 0. The predicted octanol–water partition coefficient (Wildman–Crippen LogP) is 4.13. The Hall–Kier alpha value is -2.20. The van der Waals surface area contributed by atoms with Crippen LogP contribution in [0.1, 0.15) is 0 Å². The lowest BCUT2D eigenvalue weighted by Gasteiger charge is -2.02. The van der Waals surface area contributed by atoms with Gasteiger partial charge in [0.25, 0.3) is 0 Å². The molecular weight excluding hydrogens is 271 g/mol. The highest BCUT2D eigenvalue weighted by atomic mass is 32.1. The van der Waals surface area contributed by atoms with Gasteiger partial charge in [0.2, 0.25) is 0 Å². The van der Waals surface area contributed by atoms with E-state index >= 15 is 0 Å². The average Bonchev–Trinajstić information content (AvgIpc) is 2.84. The Labute approximate surface area is 120 Å². The number of rotatable bonds is 2. The molecule has 0 atom stereocenters. The Bertz CT molecular complexity index is 770. The van der Waals surface area contributed by atoms with Crippen molar-refractivity contribution in [2.24, 2.45) is 12.0 Å². The van der Waals surface area contributed by atoms with Gasteiger partial charge in [0.05, 0.1) is 11.4 Å². The fraction of sp³-hybridized carbons (Fsp3) is 0.0625. The maximum atomic E-state index is 12.9. The Morgan fingerprint density at radius 2 is 1.70 bits per heavy atom. The minimum atomic E-state index is -0.246. The van der Waals surface area contributed by atoms with Crippen LogP contribution in [0.15, 0.2) is 65.0 Å². The van der Waals surface area contributed by atoms with Gasteiger partial charge in [-0.2, -0.15) is 0 Å². The van der Waals surface area contributed by atoms with E-state index in [-0.39, 0.29) is 5.82 Å². The van der Waals surface area contributed by atoms with Crippen molar-refractivity contribution in [3.05, 3.63) is 70.6 Å². The molecule has 3 aromatic rings. The molecule has 0 N–H and O–H groups in total. The molecule has 1 heterocycles. The fourth-order valence-electron chi connectivity index (χ4n) is 1.97. The van der Waals surface area contributed by atoms with E-state index in [0.717, 1.165) is 21.7 Å². The first-order valence-electron chi connectivity index (χ1n) is 6.24. The van der Waals surface area contributed by atoms with E-state index in [1.165, 1.54) is 12.1 Å². The molecule has 3 rings (SSSR count). The van der Waals surface area contributed by atoms with E-state index in [2.05, 4.69) is 22.5 Å². The number of hydrogen-bond acceptors (Lipinski definition) is 2. The number of aromatic nitrogens is 1. The van der Waals surface area contributed by atoms with E-state index in [4.69, 9.17) is 0 Å².